The second-order valence-corrected chi connectivity index (χ2v) is 4.86. The monoisotopic (exact) mass is 239 g/mol. The zero-order valence-electron chi connectivity index (χ0n) is 10.6. The molecule has 2 aromatic rings. The van der Waals surface area contributed by atoms with Crippen LogP contribution in [0.3, 0.4) is 0 Å². The van der Waals surface area contributed by atoms with E-state index in [-0.39, 0.29) is 0 Å². The van der Waals surface area contributed by atoms with Crippen molar-refractivity contribution in [3.8, 4) is 11.3 Å². The summed E-state index contributed by atoms with van der Waals surface area (Å²) in [6, 6.07) is 8.81. The van der Waals surface area contributed by atoms with Crippen molar-refractivity contribution in [3.63, 3.8) is 0 Å². The highest BCUT2D eigenvalue weighted by Gasteiger charge is 2.22. The van der Waals surface area contributed by atoms with E-state index in [2.05, 4.69) is 34.0 Å². The molecule has 1 aliphatic rings. The summed E-state index contributed by atoms with van der Waals surface area (Å²) in [4.78, 5) is 11.1. The van der Waals surface area contributed by atoms with Crippen LogP contribution in [-0.2, 0) is 0 Å². The fourth-order valence-corrected chi connectivity index (χ4v) is 2.62. The number of hydrogen-bond acceptors (Lipinski definition) is 3. The highest BCUT2D eigenvalue weighted by atomic mass is 15.1. The Hall–Kier alpha value is -1.74. The summed E-state index contributed by atoms with van der Waals surface area (Å²) in [5.74, 6) is 0. The maximum absolute atomic E-state index is 4.56. The van der Waals surface area contributed by atoms with Crippen LogP contribution >= 0.6 is 0 Å². The maximum atomic E-state index is 4.56. The smallest absolute Gasteiger partial charge is 0.0717 e. The minimum absolute atomic E-state index is 0.542. The Balaban J connectivity index is 1.85. The van der Waals surface area contributed by atoms with E-state index >= 15 is 0 Å². The summed E-state index contributed by atoms with van der Waals surface area (Å²) in [5, 5.41) is 0. The number of rotatable bonds is 2. The molecule has 0 saturated carbocycles. The molecule has 1 saturated heterocycles. The lowest BCUT2D eigenvalue weighted by Gasteiger charge is -2.19. The first-order valence-electron chi connectivity index (χ1n) is 6.41. The third kappa shape index (κ3) is 2.14. The molecular formula is C15H17N3. The third-order valence-corrected chi connectivity index (χ3v) is 3.65. The van der Waals surface area contributed by atoms with Gasteiger partial charge in [-0.15, -0.1) is 0 Å². The Morgan fingerprint density at radius 3 is 2.78 bits per heavy atom. The highest BCUT2D eigenvalue weighted by Crippen LogP contribution is 2.30. The van der Waals surface area contributed by atoms with Crippen LogP contribution in [0, 0.1) is 0 Å². The Morgan fingerprint density at radius 2 is 2.17 bits per heavy atom. The normalized spacial score (nSPS) is 20.2. The van der Waals surface area contributed by atoms with E-state index in [0.717, 1.165) is 11.3 Å². The molecule has 1 atom stereocenters. The van der Waals surface area contributed by atoms with Gasteiger partial charge in [-0.05, 0) is 50.2 Å². The second kappa shape index (κ2) is 4.86. The van der Waals surface area contributed by atoms with Crippen molar-refractivity contribution >= 4 is 0 Å². The average Bonchev–Trinajstić information content (AvgIpc) is 2.86. The van der Waals surface area contributed by atoms with E-state index in [1.165, 1.54) is 24.9 Å². The quantitative estimate of drug-likeness (QED) is 0.807. The molecule has 3 nitrogen and oxygen atoms in total. The summed E-state index contributed by atoms with van der Waals surface area (Å²) in [6.45, 7) is 1.19. The molecule has 2 aromatic heterocycles. The van der Waals surface area contributed by atoms with Crippen LogP contribution < -0.4 is 0 Å². The van der Waals surface area contributed by atoms with Gasteiger partial charge in [-0.2, -0.15) is 0 Å². The molecule has 0 amide bonds. The lowest BCUT2D eigenvalue weighted by atomic mass is 10.1. The third-order valence-electron chi connectivity index (χ3n) is 3.65. The van der Waals surface area contributed by atoms with E-state index in [1.807, 2.05) is 24.5 Å². The van der Waals surface area contributed by atoms with Crippen LogP contribution in [0.1, 0.15) is 24.4 Å². The molecule has 0 spiro atoms. The predicted octanol–water partition coefficient (Wildman–Crippen LogP) is 2.91. The van der Waals surface area contributed by atoms with Crippen molar-refractivity contribution in [2.75, 3.05) is 13.6 Å². The van der Waals surface area contributed by atoms with Gasteiger partial charge in [-0.25, -0.2) is 0 Å². The number of nitrogens with zero attached hydrogens (tertiary/aromatic N) is 3. The molecule has 0 bridgehead atoms. The van der Waals surface area contributed by atoms with Crippen LogP contribution in [0.25, 0.3) is 11.3 Å². The van der Waals surface area contributed by atoms with E-state index in [0.29, 0.717) is 6.04 Å². The number of aromatic nitrogens is 2. The average molecular weight is 239 g/mol. The predicted molar refractivity (Wildman–Crippen MR) is 72.1 cm³/mol. The summed E-state index contributed by atoms with van der Waals surface area (Å²) in [6.07, 6.45) is 8.17. The fraction of sp³-hybridized carbons (Fsp3) is 0.333. The van der Waals surface area contributed by atoms with Gasteiger partial charge in [0.2, 0.25) is 0 Å². The van der Waals surface area contributed by atoms with Gasteiger partial charge in [-0.3, -0.25) is 14.9 Å². The zero-order chi connectivity index (χ0) is 12.4. The van der Waals surface area contributed by atoms with Crippen LogP contribution in [-0.4, -0.2) is 28.5 Å². The minimum Gasteiger partial charge on any atom is -0.299 e. The summed E-state index contributed by atoms with van der Waals surface area (Å²) >= 11 is 0. The standard InChI is InChI=1S/C15H17N3/c1-18-9-3-5-15(18)13-6-7-14(17-11-13)12-4-2-8-16-10-12/h2,4,6-8,10-11,15H,3,5,9H2,1H3. The molecule has 3 heterocycles. The molecule has 0 aromatic carbocycles. The van der Waals surface area contributed by atoms with Crippen LogP contribution in [0.2, 0.25) is 0 Å². The first kappa shape index (κ1) is 11.4. The minimum atomic E-state index is 0.542. The zero-order valence-corrected chi connectivity index (χ0v) is 10.6. The number of likely N-dealkylation sites (tertiary alicyclic amines) is 1. The summed E-state index contributed by atoms with van der Waals surface area (Å²) < 4.78 is 0. The SMILES string of the molecule is CN1CCCC1c1ccc(-c2cccnc2)nc1. The summed E-state index contributed by atoms with van der Waals surface area (Å²) in [5.41, 5.74) is 3.39. The van der Waals surface area contributed by atoms with Gasteiger partial charge in [0.15, 0.2) is 0 Å². The lowest BCUT2D eigenvalue weighted by Crippen LogP contribution is -2.17. The van der Waals surface area contributed by atoms with Gasteiger partial charge in [0, 0.05) is 30.2 Å². The Bertz CT molecular complexity index is 507. The van der Waals surface area contributed by atoms with Gasteiger partial charge in [0.05, 0.1) is 5.69 Å². The highest BCUT2D eigenvalue weighted by molar-refractivity contribution is 5.57. The van der Waals surface area contributed by atoms with Gasteiger partial charge in [-0.1, -0.05) is 6.07 Å². The molecule has 1 unspecified atom stereocenters. The van der Waals surface area contributed by atoms with Gasteiger partial charge < -0.3 is 0 Å². The molecule has 0 aliphatic carbocycles. The van der Waals surface area contributed by atoms with Crippen LogP contribution in [0.4, 0.5) is 0 Å². The molecule has 1 aliphatic heterocycles. The Kier molecular flexibility index (Phi) is 3.07. The molecule has 18 heavy (non-hydrogen) atoms. The van der Waals surface area contributed by atoms with Crippen LogP contribution in [0.5, 0.6) is 0 Å². The molecule has 3 rings (SSSR count). The van der Waals surface area contributed by atoms with Crippen molar-refractivity contribution in [3.05, 3.63) is 48.4 Å². The first-order valence-corrected chi connectivity index (χ1v) is 6.41. The molecule has 0 radical (unpaired) electrons. The van der Waals surface area contributed by atoms with E-state index in [9.17, 15) is 0 Å². The van der Waals surface area contributed by atoms with Gasteiger partial charge >= 0.3 is 0 Å². The molecule has 3 heteroatoms. The fourth-order valence-electron chi connectivity index (χ4n) is 2.62. The summed E-state index contributed by atoms with van der Waals surface area (Å²) in [7, 11) is 2.19. The van der Waals surface area contributed by atoms with Crippen molar-refractivity contribution < 1.29 is 0 Å². The lowest BCUT2D eigenvalue weighted by molar-refractivity contribution is 0.317. The second-order valence-electron chi connectivity index (χ2n) is 4.86. The Labute approximate surface area is 108 Å². The molecular weight excluding hydrogens is 222 g/mol. The molecule has 1 fully saturated rings. The van der Waals surface area contributed by atoms with E-state index < -0.39 is 0 Å². The largest absolute Gasteiger partial charge is 0.299 e. The molecule has 92 valence electrons. The van der Waals surface area contributed by atoms with Crippen molar-refractivity contribution in [2.45, 2.75) is 18.9 Å². The number of hydrogen-bond donors (Lipinski definition) is 0. The van der Waals surface area contributed by atoms with Gasteiger partial charge in [0.25, 0.3) is 0 Å². The van der Waals surface area contributed by atoms with Crippen LogP contribution in [0.15, 0.2) is 42.9 Å². The molecule has 0 N–H and O–H groups in total. The van der Waals surface area contributed by atoms with Gasteiger partial charge in [0.1, 0.15) is 0 Å². The first-order chi connectivity index (χ1) is 8.84. The Morgan fingerprint density at radius 1 is 1.22 bits per heavy atom. The topological polar surface area (TPSA) is 29.0 Å². The number of pyridine rings is 2. The van der Waals surface area contributed by atoms with Crippen molar-refractivity contribution in [1.29, 1.82) is 0 Å². The maximum Gasteiger partial charge on any atom is 0.0717 e. The van der Waals surface area contributed by atoms with E-state index in [4.69, 9.17) is 0 Å². The van der Waals surface area contributed by atoms with E-state index in [1.54, 1.807) is 6.20 Å². The van der Waals surface area contributed by atoms with Crippen molar-refractivity contribution in [1.82, 2.24) is 14.9 Å². The van der Waals surface area contributed by atoms with Crippen molar-refractivity contribution in [2.24, 2.45) is 0 Å².